The first-order chi connectivity index (χ1) is 15.1. The number of fused-ring (bicyclic) bond motifs is 1. The molecule has 7 heteroatoms. The number of hydrogen-bond donors (Lipinski definition) is 1. The van der Waals surface area contributed by atoms with E-state index in [4.69, 9.17) is 9.47 Å². The van der Waals surface area contributed by atoms with Gasteiger partial charge in [0.15, 0.2) is 0 Å². The Balaban J connectivity index is 1.44. The van der Waals surface area contributed by atoms with Gasteiger partial charge in [-0.3, -0.25) is 9.48 Å². The number of ether oxygens (including phenoxy) is 2. The van der Waals surface area contributed by atoms with E-state index in [1.165, 1.54) is 5.69 Å². The lowest BCUT2D eigenvalue weighted by atomic mass is 10.0. The Hall–Kier alpha value is -3.06. The minimum atomic E-state index is -0.0682. The van der Waals surface area contributed by atoms with Crippen molar-refractivity contribution in [1.82, 2.24) is 15.1 Å². The van der Waals surface area contributed by atoms with Crippen molar-refractivity contribution in [3.05, 3.63) is 42.6 Å². The average molecular weight is 421 g/mol. The summed E-state index contributed by atoms with van der Waals surface area (Å²) in [4.78, 5) is 14.0. The number of aryl methyl sites for hydroxylation is 1. The van der Waals surface area contributed by atoms with E-state index in [9.17, 15) is 4.79 Å². The summed E-state index contributed by atoms with van der Waals surface area (Å²) < 4.78 is 13.7. The van der Waals surface area contributed by atoms with Crippen molar-refractivity contribution in [2.45, 2.75) is 19.4 Å². The fourth-order valence-corrected chi connectivity index (χ4v) is 4.42. The molecule has 0 saturated carbocycles. The fourth-order valence-electron chi connectivity index (χ4n) is 4.42. The van der Waals surface area contributed by atoms with E-state index in [2.05, 4.69) is 51.7 Å². The quantitative estimate of drug-likeness (QED) is 0.687. The molecule has 2 aromatic carbocycles. The van der Waals surface area contributed by atoms with Crippen LogP contribution in [0.2, 0.25) is 0 Å². The smallest absolute Gasteiger partial charge is 0.220 e. The van der Waals surface area contributed by atoms with Gasteiger partial charge in [-0.15, -0.1) is 0 Å². The van der Waals surface area contributed by atoms with Crippen molar-refractivity contribution in [3.63, 3.8) is 0 Å². The second kappa shape index (κ2) is 8.23. The number of hydrogen-bond acceptors (Lipinski definition) is 5. The predicted molar refractivity (Wildman–Crippen MR) is 120 cm³/mol. The summed E-state index contributed by atoms with van der Waals surface area (Å²) in [5.74, 6) is 1.08. The number of carbonyl (C=O) groups is 1. The highest BCUT2D eigenvalue weighted by Gasteiger charge is 2.28. The number of benzene rings is 2. The van der Waals surface area contributed by atoms with Crippen molar-refractivity contribution < 1.29 is 14.3 Å². The van der Waals surface area contributed by atoms with Crippen LogP contribution in [0.4, 0.5) is 5.69 Å². The van der Waals surface area contributed by atoms with Gasteiger partial charge in [-0.05, 0) is 42.3 Å². The molecule has 0 spiro atoms. The first kappa shape index (κ1) is 19.9. The summed E-state index contributed by atoms with van der Waals surface area (Å²) in [7, 11) is 1.92. The lowest BCUT2D eigenvalue weighted by Gasteiger charge is -2.29. The Bertz CT molecular complexity index is 1090. The number of rotatable bonds is 5. The third-order valence-corrected chi connectivity index (χ3v) is 6.26. The van der Waals surface area contributed by atoms with Crippen molar-refractivity contribution in [2.24, 2.45) is 13.0 Å². The van der Waals surface area contributed by atoms with Gasteiger partial charge in [0.05, 0.1) is 24.1 Å². The largest absolute Gasteiger partial charge is 0.490 e. The SMILES string of the molecule is CC(Oc1cc(-c2ccc(N3CCOCC3)cc2)cc2nn(C)cc12)[C@H]1CNC(=O)C1. The summed E-state index contributed by atoms with van der Waals surface area (Å²) in [6.07, 6.45) is 2.43. The van der Waals surface area contributed by atoms with Crippen molar-refractivity contribution in [1.29, 1.82) is 0 Å². The summed E-state index contributed by atoms with van der Waals surface area (Å²) in [5.41, 5.74) is 4.32. The van der Waals surface area contributed by atoms with Gasteiger partial charge in [-0.1, -0.05) is 12.1 Å². The zero-order chi connectivity index (χ0) is 21.4. The monoisotopic (exact) mass is 420 g/mol. The molecule has 5 rings (SSSR count). The van der Waals surface area contributed by atoms with E-state index in [1.807, 2.05) is 24.9 Å². The molecule has 1 amide bonds. The lowest BCUT2D eigenvalue weighted by molar-refractivity contribution is -0.119. The Labute approximate surface area is 181 Å². The average Bonchev–Trinajstić information content (AvgIpc) is 3.39. The first-order valence-electron chi connectivity index (χ1n) is 10.9. The summed E-state index contributed by atoms with van der Waals surface area (Å²) in [6, 6.07) is 12.8. The molecule has 3 aromatic rings. The highest BCUT2D eigenvalue weighted by Crippen LogP contribution is 2.34. The third kappa shape index (κ3) is 4.10. The predicted octanol–water partition coefficient (Wildman–Crippen LogP) is 2.98. The van der Waals surface area contributed by atoms with Crippen molar-refractivity contribution in [3.8, 4) is 16.9 Å². The number of nitrogens with one attached hydrogen (secondary N) is 1. The molecule has 162 valence electrons. The van der Waals surface area contributed by atoms with Crippen LogP contribution in [0.5, 0.6) is 5.75 Å². The number of amides is 1. The van der Waals surface area contributed by atoms with Crippen molar-refractivity contribution >= 4 is 22.5 Å². The van der Waals surface area contributed by atoms with E-state index < -0.39 is 0 Å². The Morgan fingerprint density at radius 1 is 1.16 bits per heavy atom. The molecule has 3 heterocycles. The molecule has 1 aromatic heterocycles. The molecule has 2 aliphatic heterocycles. The van der Waals surface area contributed by atoms with Gasteiger partial charge in [0.25, 0.3) is 0 Å². The molecular weight excluding hydrogens is 392 g/mol. The maximum Gasteiger partial charge on any atom is 0.220 e. The van der Waals surface area contributed by atoms with E-state index in [-0.39, 0.29) is 17.9 Å². The maximum atomic E-state index is 11.6. The Kier molecular flexibility index (Phi) is 5.28. The zero-order valence-electron chi connectivity index (χ0n) is 18.0. The number of aromatic nitrogens is 2. The highest BCUT2D eigenvalue weighted by molar-refractivity contribution is 5.90. The Morgan fingerprint density at radius 2 is 1.94 bits per heavy atom. The van der Waals surface area contributed by atoms with E-state index in [0.717, 1.165) is 54.1 Å². The normalized spacial score (nSPS) is 20.1. The molecule has 1 N–H and O–H groups in total. The molecule has 0 radical (unpaired) electrons. The molecule has 0 bridgehead atoms. The van der Waals surface area contributed by atoms with Crippen LogP contribution >= 0.6 is 0 Å². The molecule has 7 nitrogen and oxygen atoms in total. The Morgan fingerprint density at radius 3 is 2.65 bits per heavy atom. The summed E-state index contributed by atoms with van der Waals surface area (Å²) in [5, 5.41) is 8.50. The van der Waals surface area contributed by atoms with Gasteiger partial charge in [0.1, 0.15) is 11.9 Å². The minimum Gasteiger partial charge on any atom is -0.490 e. The summed E-state index contributed by atoms with van der Waals surface area (Å²) in [6.45, 7) is 6.11. The van der Waals surface area contributed by atoms with E-state index in [0.29, 0.717) is 13.0 Å². The molecule has 31 heavy (non-hydrogen) atoms. The van der Waals surface area contributed by atoms with Crippen LogP contribution in [0.1, 0.15) is 13.3 Å². The van der Waals surface area contributed by atoms with Gasteiger partial charge in [-0.25, -0.2) is 0 Å². The highest BCUT2D eigenvalue weighted by atomic mass is 16.5. The number of nitrogens with zero attached hydrogens (tertiary/aromatic N) is 3. The molecular formula is C24H28N4O3. The van der Waals surface area contributed by atoms with Gasteiger partial charge < -0.3 is 19.7 Å². The van der Waals surface area contributed by atoms with Crippen LogP contribution in [0, 0.1) is 5.92 Å². The number of carbonyl (C=O) groups excluding carboxylic acids is 1. The van der Waals surface area contributed by atoms with Crippen molar-refractivity contribution in [2.75, 3.05) is 37.7 Å². The molecule has 1 unspecified atom stereocenters. The minimum absolute atomic E-state index is 0.0682. The molecule has 2 saturated heterocycles. The van der Waals surface area contributed by atoms with Crippen LogP contribution < -0.4 is 15.0 Å². The lowest BCUT2D eigenvalue weighted by Crippen LogP contribution is -2.36. The first-order valence-corrected chi connectivity index (χ1v) is 10.9. The standard InChI is InChI=1S/C24H28N4O3/c1-16(19-13-24(29)25-14-19)31-23-12-18(11-22-21(23)15-27(2)26-22)17-3-5-20(6-4-17)28-7-9-30-10-8-28/h3-6,11-12,15-16,19H,7-10,13-14H2,1-2H3,(H,25,29)/t16?,19-/m1/s1. The second-order valence-corrected chi connectivity index (χ2v) is 8.45. The molecule has 2 aliphatic rings. The molecule has 2 fully saturated rings. The summed E-state index contributed by atoms with van der Waals surface area (Å²) >= 11 is 0. The van der Waals surface area contributed by atoms with Gasteiger partial charge in [0, 0.05) is 50.9 Å². The van der Waals surface area contributed by atoms with E-state index in [1.54, 1.807) is 0 Å². The van der Waals surface area contributed by atoms with Crippen LogP contribution in [0.3, 0.4) is 0 Å². The fraction of sp³-hybridized carbons (Fsp3) is 0.417. The van der Waals surface area contributed by atoms with Crippen LogP contribution in [-0.2, 0) is 16.6 Å². The molecule has 0 aliphatic carbocycles. The van der Waals surface area contributed by atoms with E-state index >= 15 is 0 Å². The second-order valence-electron chi connectivity index (χ2n) is 8.45. The van der Waals surface area contributed by atoms with Crippen LogP contribution in [0.25, 0.3) is 22.0 Å². The molecule has 2 atom stereocenters. The number of anilines is 1. The van der Waals surface area contributed by atoms with Gasteiger partial charge in [-0.2, -0.15) is 5.10 Å². The third-order valence-electron chi connectivity index (χ3n) is 6.26. The zero-order valence-corrected chi connectivity index (χ0v) is 18.0. The van der Waals surface area contributed by atoms with Crippen LogP contribution in [0.15, 0.2) is 42.6 Å². The van der Waals surface area contributed by atoms with Gasteiger partial charge >= 0.3 is 0 Å². The maximum absolute atomic E-state index is 11.6. The van der Waals surface area contributed by atoms with Crippen LogP contribution in [-0.4, -0.2) is 54.6 Å². The number of morpholine rings is 1. The topological polar surface area (TPSA) is 68.6 Å². The van der Waals surface area contributed by atoms with Gasteiger partial charge in [0.2, 0.25) is 5.91 Å².